The first kappa shape index (κ1) is 35.7. The molecule has 0 amide bonds. The molecule has 0 fully saturated rings. The van der Waals surface area contributed by atoms with Crippen molar-refractivity contribution in [3.8, 4) is 0 Å². The van der Waals surface area contributed by atoms with Crippen LogP contribution in [0.5, 0.6) is 0 Å². The fourth-order valence-electron chi connectivity index (χ4n) is 5.61. The highest BCUT2D eigenvalue weighted by Crippen LogP contribution is 2.54. The number of rotatable bonds is 10. The minimum absolute atomic E-state index is 0.0109. The van der Waals surface area contributed by atoms with Gasteiger partial charge in [0.05, 0.1) is 0 Å². The van der Waals surface area contributed by atoms with Gasteiger partial charge in [-0.2, -0.15) is 14.7 Å². The summed E-state index contributed by atoms with van der Waals surface area (Å²) in [6.45, 7) is 31.4. The van der Waals surface area contributed by atoms with Gasteiger partial charge >= 0.3 is 7.94 Å². The molecule has 0 aliphatic carbocycles. The Hall–Kier alpha value is -1.51. The summed E-state index contributed by atoms with van der Waals surface area (Å²) in [6, 6.07) is 14.4. The Bertz CT molecular complexity index is 1100. The van der Waals surface area contributed by atoms with Crippen LogP contribution in [0, 0.1) is 0 Å². The van der Waals surface area contributed by atoms with E-state index in [0.29, 0.717) is 6.42 Å². The minimum Gasteiger partial charge on any atom is -0.189 e. The predicted molar refractivity (Wildman–Crippen MR) is 180 cm³/mol. The van der Waals surface area contributed by atoms with Crippen molar-refractivity contribution in [1.82, 2.24) is 0 Å². The zero-order valence-corrected chi connectivity index (χ0v) is 29.2. The summed E-state index contributed by atoms with van der Waals surface area (Å²) in [4.78, 5) is 28.4. The summed E-state index contributed by atoms with van der Waals surface area (Å²) >= 11 is 0. The number of hydrogen-bond donors (Lipinski definition) is 3. The van der Waals surface area contributed by atoms with Crippen LogP contribution in [0.2, 0.25) is 0 Å². The van der Waals surface area contributed by atoms with Crippen LogP contribution in [0.4, 0.5) is 0 Å². The van der Waals surface area contributed by atoms with Gasteiger partial charge in [-0.15, -0.1) is 0 Å². The maximum Gasteiger partial charge on any atom is 0.435 e. The van der Waals surface area contributed by atoms with E-state index in [-0.39, 0.29) is 32.9 Å². The van der Waals surface area contributed by atoms with Gasteiger partial charge in [0.25, 0.3) is 0 Å². The molecule has 0 saturated carbocycles. The molecule has 0 unspecified atom stereocenters. The third-order valence-corrected chi connectivity index (χ3v) is 9.41. The van der Waals surface area contributed by atoms with E-state index in [1.54, 1.807) is 0 Å². The van der Waals surface area contributed by atoms with Gasteiger partial charge < -0.3 is 0 Å². The van der Waals surface area contributed by atoms with Crippen LogP contribution >= 0.6 is 7.94 Å². The molecule has 0 spiro atoms. The normalized spacial score (nSPS) is 13.7. The van der Waals surface area contributed by atoms with Crippen molar-refractivity contribution in [3.05, 3.63) is 81.7 Å². The highest BCUT2D eigenvalue weighted by Gasteiger charge is 2.34. The lowest BCUT2D eigenvalue weighted by molar-refractivity contribution is 0.339. The fraction of sp³-hybridized carbons (Fsp3) is 0.622. The smallest absolute Gasteiger partial charge is 0.189 e. The molecule has 0 aromatic heterocycles. The minimum atomic E-state index is -3.93. The Labute approximate surface area is 253 Å². The maximum absolute atomic E-state index is 9.46. The molecular weight excluding hydrogens is 523 g/mol. The van der Waals surface area contributed by atoms with Gasteiger partial charge in [-0.25, -0.2) is 0 Å². The Balaban J connectivity index is 2.58. The molecule has 0 bridgehead atoms. The predicted octanol–water partition coefficient (Wildman–Crippen LogP) is 10.6. The molecule has 0 aliphatic heterocycles. The average Bonchev–Trinajstić information content (AvgIpc) is 2.80. The molecule has 2 aromatic rings. The highest BCUT2D eigenvalue weighted by atomic mass is 31.2. The summed E-state index contributed by atoms with van der Waals surface area (Å²) in [5, 5.41) is 0.165. The second-order valence-electron chi connectivity index (χ2n) is 16.2. The summed E-state index contributed by atoms with van der Waals surface area (Å²) in [5.41, 5.74) is 8.67. The summed E-state index contributed by atoms with van der Waals surface area (Å²) < 4.78 is 0. The molecule has 4 heteroatoms. The number of benzene rings is 2. The summed E-state index contributed by atoms with van der Waals surface area (Å²) in [5.74, 6) is 0.280. The number of unbranched alkanes of at least 4 members (excludes halogenated alkanes) is 3. The van der Waals surface area contributed by atoms with E-state index < -0.39 is 7.94 Å². The molecule has 41 heavy (non-hydrogen) atoms. The van der Waals surface area contributed by atoms with Crippen LogP contribution in [0.1, 0.15) is 161 Å². The zero-order valence-electron chi connectivity index (χ0n) is 28.3. The largest absolute Gasteiger partial charge is 0.435 e. The Kier molecular flexibility index (Phi) is 11.3. The second kappa shape index (κ2) is 13.0. The van der Waals surface area contributed by atoms with Gasteiger partial charge in [0, 0.05) is 12.3 Å². The Morgan fingerprint density at radius 2 is 1.00 bits per heavy atom. The SMILES string of the molecule is C=C(CCCCCCC(c1ccc(C(C)(C)C)cc1C(C)(C)C)c1ccc(C(C)(C)C)cc1C(C)(C)C)[P+](O)(O)O. The number of allylic oxidation sites excluding steroid dienone is 1. The van der Waals surface area contributed by atoms with E-state index in [2.05, 4.69) is 126 Å². The van der Waals surface area contributed by atoms with Crippen LogP contribution in [0.25, 0.3) is 0 Å². The van der Waals surface area contributed by atoms with Crippen LogP contribution in [-0.2, 0) is 21.7 Å². The molecule has 3 N–H and O–H groups in total. The maximum atomic E-state index is 9.46. The summed E-state index contributed by atoms with van der Waals surface area (Å²) in [6.07, 6.45) is 5.39. The Morgan fingerprint density at radius 3 is 1.34 bits per heavy atom. The molecular formula is C37H60O3P+. The monoisotopic (exact) mass is 583 g/mol. The molecule has 0 aliphatic rings. The van der Waals surface area contributed by atoms with Crippen molar-refractivity contribution in [2.75, 3.05) is 0 Å². The van der Waals surface area contributed by atoms with Gasteiger partial charge in [0.2, 0.25) is 0 Å². The van der Waals surface area contributed by atoms with Crippen LogP contribution in [-0.4, -0.2) is 14.7 Å². The zero-order chi connectivity index (χ0) is 31.6. The van der Waals surface area contributed by atoms with Gasteiger partial charge in [-0.3, -0.25) is 0 Å². The van der Waals surface area contributed by atoms with Gasteiger partial charge in [0.1, 0.15) is 0 Å². The van der Waals surface area contributed by atoms with Gasteiger partial charge in [-0.05, 0) is 67.9 Å². The van der Waals surface area contributed by atoms with Crippen molar-refractivity contribution >= 4 is 7.94 Å². The Morgan fingerprint density at radius 1 is 0.610 bits per heavy atom. The fourth-order valence-corrected chi connectivity index (χ4v) is 6.07. The van der Waals surface area contributed by atoms with E-state index in [4.69, 9.17) is 0 Å². The van der Waals surface area contributed by atoms with Crippen molar-refractivity contribution < 1.29 is 14.7 Å². The van der Waals surface area contributed by atoms with E-state index in [1.165, 1.54) is 33.4 Å². The standard InChI is InChI=1S/C37H60O3P/c1-26(41(38,39)40)18-16-14-15-17-19-29(30-22-20-27(34(2,3)4)24-32(30)36(8,9)10)31-23-21-28(35(5,6)7)25-33(31)37(11,12)13/h20-25,29,38-40H,1,14-19H2,2-13H3/q+1. The van der Waals surface area contributed by atoms with Crippen LogP contribution in [0.3, 0.4) is 0 Å². The topological polar surface area (TPSA) is 60.7 Å². The molecule has 2 rings (SSSR count). The molecule has 2 aromatic carbocycles. The van der Waals surface area contributed by atoms with Gasteiger partial charge in [0.15, 0.2) is 5.31 Å². The van der Waals surface area contributed by atoms with Crippen molar-refractivity contribution in [2.45, 2.75) is 149 Å². The van der Waals surface area contributed by atoms with E-state index in [9.17, 15) is 14.7 Å². The lowest BCUT2D eigenvalue weighted by Crippen LogP contribution is -2.23. The van der Waals surface area contributed by atoms with E-state index >= 15 is 0 Å². The molecule has 0 radical (unpaired) electrons. The van der Waals surface area contributed by atoms with Crippen molar-refractivity contribution in [2.24, 2.45) is 0 Å². The molecule has 3 nitrogen and oxygen atoms in total. The third-order valence-electron chi connectivity index (χ3n) is 8.34. The van der Waals surface area contributed by atoms with Crippen molar-refractivity contribution in [3.63, 3.8) is 0 Å². The third kappa shape index (κ3) is 10.0. The van der Waals surface area contributed by atoms with Gasteiger partial charge in [-0.1, -0.05) is 145 Å². The quantitative estimate of drug-likeness (QED) is 0.193. The summed E-state index contributed by atoms with van der Waals surface area (Å²) in [7, 11) is -3.93. The number of hydrogen-bond acceptors (Lipinski definition) is 3. The first-order chi connectivity index (χ1) is 18.4. The lowest BCUT2D eigenvalue weighted by atomic mass is 9.70. The van der Waals surface area contributed by atoms with E-state index in [0.717, 1.165) is 32.1 Å². The highest BCUT2D eigenvalue weighted by molar-refractivity contribution is 7.63. The van der Waals surface area contributed by atoms with Crippen LogP contribution in [0.15, 0.2) is 48.3 Å². The van der Waals surface area contributed by atoms with Crippen LogP contribution < -0.4 is 0 Å². The molecule has 0 atom stereocenters. The second-order valence-corrected chi connectivity index (χ2v) is 18.0. The lowest BCUT2D eigenvalue weighted by Gasteiger charge is -2.34. The van der Waals surface area contributed by atoms with E-state index in [1.807, 2.05) is 0 Å². The van der Waals surface area contributed by atoms with Crippen molar-refractivity contribution in [1.29, 1.82) is 0 Å². The first-order valence-corrected chi connectivity index (χ1v) is 17.1. The molecule has 0 heterocycles. The molecule has 0 saturated heterocycles. The first-order valence-electron chi connectivity index (χ1n) is 15.5. The molecule has 230 valence electrons. The average molecular weight is 584 g/mol.